The Morgan fingerprint density at radius 1 is 1.52 bits per heavy atom. The Labute approximate surface area is 130 Å². The predicted octanol–water partition coefficient (Wildman–Crippen LogP) is 2.44. The summed E-state index contributed by atoms with van der Waals surface area (Å²) in [5, 5.41) is 10.7. The summed E-state index contributed by atoms with van der Waals surface area (Å²) in [5.41, 5.74) is 0.579. The van der Waals surface area contributed by atoms with Gasteiger partial charge in [0.25, 0.3) is 11.6 Å². The molecule has 1 amide bonds. The topological polar surface area (TPSA) is 72.7 Å². The molecule has 0 N–H and O–H groups in total. The summed E-state index contributed by atoms with van der Waals surface area (Å²) in [6.45, 7) is 0.796. The SMILES string of the molecule is COCCN1C(=O)/C(=C\c2cccc([N+](=O)[O-])c2)SC1=S. The standard InChI is InChI=1S/C13H12N2O4S2/c1-19-6-5-14-12(16)11(21-13(14)20)8-9-3-2-4-10(7-9)15(17)18/h2-4,7-8H,5-6H2,1H3/b11-8+. The fraction of sp³-hybridized carbons (Fsp3) is 0.231. The van der Waals surface area contributed by atoms with Crippen molar-refractivity contribution in [2.24, 2.45) is 0 Å². The van der Waals surface area contributed by atoms with E-state index in [4.69, 9.17) is 17.0 Å². The molecule has 0 aliphatic carbocycles. The van der Waals surface area contributed by atoms with Crippen LogP contribution in [0.2, 0.25) is 0 Å². The highest BCUT2D eigenvalue weighted by molar-refractivity contribution is 8.26. The Hall–Kier alpha value is -1.77. The molecular formula is C13H12N2O4S2. The number of carbonyl (C=O) groups is 1. The first-order valence-corrected chi connectivity index (χ1v) is 7.24. The van der Waals surface area contributed by atoms with Crippen LogP contribution in [0.25, 0.3) is 6.08 Å². The van der Waals surface area contributed by atoms with Crippen molar-refractivity contribution in [3.63, 3.8) is 0 Å². The zero-order chi connectivity index (χ0) is 15.4. The third-order valence-electron chi connectivity index (χ3n) is 2.77. The van der Waals surface area contributed by atoms with Crippen molar-refractivity contribution in [1.29, 1.82) is 0 Å². The molecule has 0 atom stereocenters. The second-order valence-corrected chi connectivity index (χ2v) is 5.85. The molecule has 0 saturated carbocycles. The molecule has 6 nitrogen and oxygen atoms in total. The Morgan fingerprint density at radius 2 is 2.29 bits per heavy atom. The van der Waals surface area contributed by atoms with Crippen LogP contribution in [0.15, 0.2) is 29.2 Å². The van der Waals surface area contributed by atoms with Crippen LogP contribution in [0.5, 0.6) is 0 Å². The van der Waals surface area contributed by atoms with Crippen molar-refractivity contribution >= 4 is 46.0 Å². The number of methoxy groups -OCH3 is 1. The number of benzene rings is 1. The van der Waals surface area contributed by atoms with Gasteiger partial charge >= 0.3 is 0 Å². The van der Waals surface area contributed by atoms with E-state index >= 15 is 0 Å². The maximum absolute atomic E-state index is 12.2. The van der Waals surface area contributed by atoms with Gasteiger partial charge in [-0.1, -0.05) is 36.1 Å². The second kappa shape index (κ2) is 6.79. The number of nitro benzene ring substituents is 1. The molecule has 21 heavy (non-hydrogen) atoms. The number of hydrogen-bond acceptors (Lipinski definition) is 6. The van der Waals surface area contributed by atoms with E-state index < -0.39 is 4.92 Å². The number of amides is 1. The Kier molecular flexibility index (Phi) is 5.05. The smallest absolute Gasteiger partial charge is 0.270 e. The summed E-state index contributed by atoms with van der Waals surface area (Å²) in [4.78, 5) is 24.4. The molecule has 1 aromatic carbocycles. The first-order chi connectivity index (χ1) is 10.0. The quantitative estimate of drug-likeness (QED) is 0.358. The number of nitro groups is 1. The van der Waals surface area contributed by atoms with Gasteiger partial charge < -0.3 is 4.74 Å². The van der Waals surface area contributed by atoms with E-state index in [1.54, 1.807) is 25.3 Å². The van der Waals surface area contributed by atoms with Crippen LogP contribution >= 0.6 is 24.0 Å². The number of carbonyl (C=O) groups excluding carboxylic acids is 1. The molecule has 1 saturated heterocycles. The van der Waals surface area contributed by atoms with Gasteiger partial charge in [-0.3, -0.25) is 19.8 Å². The van der Waals surface area contributed by atoms with Gasteiger partial charge in [0.15, 0.2) is 0 Å². The zero-order valence-corrected chi connectivity index (χ0v) is 12.8. The Bertz CT molecular complexity index is 630. The highest BCUT2D eigenvalue weighted by Crippen LogP contribution is 2.32. The largest absolute Gasteiger partial charge is 0.383 e. The Balaban J connectivity index is 2.22. The molecule has 1 heterocycles. The van der Waals surface area contributed by atoms with E-state index in [1.165, 1.54) is 28.8 Å². The number of nitrogens with zero attached hydrogens (tertiary/aromatic N) is 2. The van der Waals surface area contributed by atoms with Crippen molar-refractivity contribution in [2.45, 2.75) is 0 Å². The molecule has 0 aromatic heterocycles. The van der Waals surface area contributed by atoms with Gasteiger partial charge in [-0.15, -0.1) is 0 Å². The lowest BCUT2D eigenvalue weighted by molar-refractivity contribution is -0.384. The summed E-state index contributed by atoms with van der Waals surface area (Å²) < 4.78 is 5.41. The van der Waals surface area contributed by atoms with Crippen LogP contribution in [-0.4, -0.2) is 40.3 Å². The minimum atomic E-state index is -0.471. The van der Waals surface area contributed by atoms with Crippen LogP contribution in [-0.2, 0) is 9.53 Å². The minimum Gasteiger partial charge on any atom is -0.383 e. The fourth-order valence-corrected chi connectivity index (χ4v) is 3.06. The zero-order valence-electron chi connectivity index (χ0n) is 11.1. The summed E-state index contributed by atoms with van der Waals surface area (Å²) in [7, 11) is 1.55. The lowest BCUT2D eigenvalue weighted by atomic mass is 10.2. The van der Waals surface area contributed by atoms with Gasteiger partial charge in [-0.25, -0.2) is 0 Å². The summed E-state index contributed by atoms with van der Waals surface area (Å²) in [6.07, 6.45) is 1.61. The van der Waals surface area contributed by atoms with Crippen molar-refractivity contribution in [3.8, 4) is 0 Å². The van der Waals surface area contributed by atoms with Gasteiger partial charge in [-0.2, -0.15) is 0 Å². The van der Waals surface area contributed by atoms with E-state index in [-0.39, 0.29) is 11.6 Å². The molecule has 1 fully saturated rings. The van der Waals surface area contributed by atoms with Crippen molar-refractivity contribution < 1.29 is 14.5 Å². The van der Waals surface area contributed by atoms with Crippen molar-refractivity contribution in [1.82, 2.24) is 4.90 Å². The normalized spacial score (nSPS) is 16.8. The van der Waals surface area contributed by atoms with E-state index in [2.05, 4.69) is 0 Å². The van der Waals surface area contributed by atoms with Crippen molar-refractivity contribution in [3.05, 3.63) is 44.8 Å². The Morgan fingerprint density at radius 3 is 2.95 bits per heavy atom. The molecule has 0 unspecified atom stereocenters. The number of thioether (sulfide) groups is 1. The van der Waals surface area contributed by atoms with Gasteiger partial charge in [-0.05, 0) is 11.6 Å². The molecule has 0 radical (unpaired) electrons. The number of non-ortho nitro benzene ring substituents is 1. The minimum absolute atomic E-state index is 0.0152. The molecule has 1 aliphatic heterocycles. The van der Waals surface area contributed by atoms with Crippen LogP contribution in [0.3, 0.4) is 0 Å². The second-order valence-electron chi connectivity index (χ2n) is 4.18. The van der Waals surface area contributed by atoms with Crippen LogP contribution in [0.4, 0.5) is 5.69 Å². The highest BCUT2D eigenvalue weighted by atomic mass is 32.2. The van der Waals surface area contributed by atoms with Gasteiger partial charge in [0, 0.05) is 19.2 Å². The van der Waals surface area contributed by atoms with Crippen molar-refractivity contribution in [2.75, 3.05) is 20.3 Å². The number of ether oxygens (including phenoxy) is 1. The van der Waals surface area contributed by atoms with E-state index in [0.29, 0.717) is 27.9 Å². The average Bonchev–Trinajstić information content (AvgIpc) is 2.72. The third kappa shape index (κ3) is 3.66. The molecule has 0 spiro atoms. The highest BCUT2D eigenvalue weighted by Gasteiger charge is 2.31. The summed E-state index contributed by atoms with van der Waals surface area (Å²) in [6, 6.07) is 6.10. The molecule has 110 valence electrons. The van der Waals surface area contributed by atoms with Gasteiger partial charge in [0.05, 0.1) is 23.0 Å². The first kappa shape index (κ1) is 15.6. The third-order valence-corrected chi connectivity index (χ3v) is 4.15. The summed E-state index contributed by atoms with van der Waals surface area (Å²) >= 11 is 6.34. The molecule has 0 bridgehead atoms. The molecular weight excluding hydrogens is 312 g/mol. The molecule has 1 aromatic rings. The fourth-order valence-electron chi connectivity index (χ4n) is 1.75. The maximum atomic E-state index is 12.2. The van der Waals surface area contributed by atoms with E-state index in [1.807, 2.05) is 0 Å². The van der Waals surface area contributed by atoms with Crippen LogP contribution < -0.4 is 0 Å². The number of rotatable bonds is 5. The number of hydrogen-bond donors (Lipinski definition) is 0. The predicted molar refractivity (Wildman–Crippen MR) is 84.9 cm³/mol. The molecule has 2 rings (SSSR count). The monoisotopic (exact) mass is 324 g/mol. The lowest BCUT2D eigenvalue weighted by Crippen LogP contribution is -2.31. The summed E-state index contributed by atoms with van der Waals surface area (Å²) in [5.74, 6) is -0.200. The maximum Gasteiger partial charge on any atom is 0.270 e. The number of thiocarbonyl (C=S) groups is 1. The van der Waals surface area contributed by atoms with E-state index in [0.717, 1.165) is 0 Å². The van der Waals surface area contributed by atoms with Gasteiger partial charge in [0.2, 0.25) is 0 Å². The first-order valence-electron chi connectivity index (χ1n) is 6.01. The van der Waals surface area contributed by atoms with Crippen LogP contribution in [0, 0.1) is 10.1 Å². The van der Waals surface area contributed by atoms with E-state index in [9.17, 15) is 14.9 Å². The average molecular weight is 324 g/mol. The van der Waals surface area contributed by atoms with Crippen LogP contribution in [0.1, 0.15) is 5.56 Å². The van der Waals surface area contributed by atoms with Gasteiger partial charge in [0.1, 0.15) is 4.32 Å². The molecule has 1 aliphatic rings. The lowest BCUT2D eigenvalue weighted by Gasteiger charge is -2.12. The molecule has 8 heteroatoms.